The van der Waals surface area contributed by atoms with Gasteiger partial charge in [-0.25, -0.2) is 0 Å². The summed E-state index contributed by atoms with van der Waals surface area (Å²) < 4.78 is 1.71. The Kier molecular flexibility index (Phi) is 2.31. The van der Waals surface area contributed by atoms with Crippen LogP contribution >= 0.6 is 0 Å². The first kappa shape index (κ1) is 8.94. The van der Waals surface area contributed by atoms with E-state index in [1.54, 1.807) is 4.68 Å². The second-order valence-electron chi connectivity index (χ2n) is 3.39. The van der Waals surface area contributed by atoms with Crippen LogP contribution < -0.4 is 5.11 Å². The number of rotatable bonds is 1. The van der Waals surface area contributed by atoms with E-state index in [2.05, 4.69) is 5.10 Å². The van der Waals surface area contributed by atoms with Crippen molar-refractivity contribution in [1.29, 1.82) is 0 Å². The summed E-state index contributed by atoms with van der Waals surface area (Å²) in [5.74, 6) is -0.0326. The molecule has 3 heteroatoms. The Balaban J connectivity index is 2.30. The quantitative estimate of drug-likeness (QED) is 0.591. The largest absolute Gasteiger partial charge is 0.857 e. The SMILES string of the molecule is Cc1ccccc1/C=[N+]1\CCC([O-])=N1. The van der Waals surface area contributed by atoms with Gasteiger partial charge in [0.2, 0.25) is 6.21 Å². The van der Waals surface area contributed by atoms with Crippen LogP contribution in [0.4, 0.5) is 0 Å². The van der Waals surface area contributed by atoms with Gasteiger partial charge >= 0.3 is 0 Å². The average Bonchev–Trinajstić information content (AvgIpc) is 2.56. The lowest BCUT2D eigenvalue weighted by molar-refractivity contribution is -0.519. The zero-order valence-electron chi connectivity index (χ0n) is 8.10. The molecule has 0 unspecified atom stereocenters. The van der Waals surface area contributed by atoms with Gasteiger partial charge in [0.15, 0.2) is 6.54 Å². The van der Waals surface area contributed by atoms with Gasteiger partial charge in [0.1, 0.15) is 0 Å². The Morgan fingerprint density at radius 3 is 2.86 bits per heavy atom. The third-order valence-corrected chi connectivity index (χ3v) is 2.27. The summed E-state index contributed by atoms with van der Waals surface area (Å²) in [6.45, 7) is 2.75. The molecule has 0 N–H and O–H groups in total. The van der Waals surface area contributed by atoms with Gasteiger partial charge in [-0.3, -0.25) is 0 Å². The normalized spacial score (nSPS) is 18.6. The molecule has 1 aliphatic rings. The molecule has 0 atom stereocenters. The van der Waals surface area contributed by atoms with Crippen molar-refractivity contribution in [3.63, 3.8) is 0 Å². The van der Waals surface area contributed by atoms with Crippen molar-refractivity contribution in [2.75, 3.05) is 6.54 Å². The fourth-order valence-electron chi connectivity index (χ4n) is 1.44. The molecule has 0 spiro atoms. The number of benzene rings is 1. The fraction of sp³-hybridized carbons (Fsp3) is 0.273. The van der Waals surface area contributed by atoms with E-state index in [9.17, 15) is 5.11 Å². The van der Waals surface area contributed by atoms with Crippen molar-refractivity contribution in [3.8, 4) is 0 Å². The fourth-order valence-corrected chi connectivity index (χ4v) is 1.44. The summed E-state index contributed by atoms with van der Waals surface area (Å²) >= 11 is 0. The maximum Gasteiger partial charge on any atom is 0.203 e. The van der Waals surface area contributed by atoms with Crippen molar-refractivity contribution >= 4 is 12.1 Å². The van der Waals surface area contributed by atoms with Crippen LogP contribution in [0.25, 0.3) is 0 Å². The molecule has 0 bridgehead atoms. The molecule has 0 amide bonds. The predicted octanol–water partition coefficient (Wildman–Crippen LogP) is 0.504. The molecule has 2 rings (SSSR count). The molecule has 0 saturated carbocycles. The summed E-state index contributed by atoms with van der Waals surface area (Å²) in [6.07, 6.45) is 2.45. The highest BCUT2D eigenvalue weighted by Gasteiger charge is 2.11. The van der Waals surface area contributed by atoms with Gasteiger partial charge in [0.05, 0.1) is 0 Å². The van der Waals surface area contributed by atoms with Crippen molar-refractivity contribution in [2.24, 2.45) is 5.10 Å². The standard InChI is InChI=1S/C11H12N2O/c1-9-4-2-3-5-10(9)8-13-7-6-11(14)12-13/h2-5,8H,6-7H2,1H3/b13-8+. The molecule has 0 fully saturated rings. The smallest absolute Gasteiger partial charge is 0.203 e. The van der Waals surface area contributed by atoms with Crippen molar-refractivity contribution < 1.29 is 9.79 Å². The van der Waals surface area contributed by atoms with E-state index in [1.807, 2.05) is 37.4 Å². The zero-order valence-corrected chi connectivity index (χ0v) is 8.10. The highest BCUT2D eigenvalue weighted by Crippen LogP contribution is 2.05. The predicted molar refractivity (Wildman–Crippen MR) is 53.5 cm³/mol. The third-order valence-electron chi connectivity index (χ3n) is 2.27. The summed E-state index contributed by atoms with van der Waals surface area (Å²) in [4.78, 5) is 0. The Morgan fingerprint density at radius 1 is 1.43 bits per heavy atom. The molecule has 3 nitrogen and oxygen atoms in total. The molecule has 1 aromatic carbocycles. The van der Waals surface area contributed by atoms with Crippen LogP contribution in [0.5, 0.6) is 0 Å². The van der Waals surface area contributed by atoms with E-state index in [1.165, 1.54) is 5.56 Å². The van der Waals surface area contributed by atoms with E-state index in [-0.39, 0.29) is 5.90 Å². The minimum atomic E-state index is -0.0326. The lowest BCUT2D eigenvalue weighted by Crippen LogP contribution is -2.13. The Labute approximate surface area is 83.0 Å². The highest BCUT2D eigenvalue weighted by molar-refractivity contribution is 5.79. The zero-order chi connectivity index (χ0) is 9.97. The van der Waals surface area contributed by atoms with E-state index in [0.717, 1.165) is 5.56 Å². The van der Waals surface area contributed by atoms with Crippen LogP contribution in [0, 0.1) is 6.92 Å². The second kappa shape index (κ2) is 3.62. The summed E-state index contributed by atoms with van der Waals surface area (Å²) in [7, 11) is 0. The minimum Gasteiger partial charge on any atom is -0.857 e. The van der Waals surface area contributed by atoms with Crippen LogP contribution in [0.3, 0.4) is 0 Å². The van der Waals surface area contributed by atoms with E-state index >= 15 is 0 Å². The third kappa shape index (κ3) is 1.82. The van der Waals surface area contributed by atoms with Gasteiger partial charge in [0.25, 0.3) is 0 Å². The molecule has 14 heavy (non-hydrogen) atoms. The number of aryl methyl sites for hydroxylation is 1. The number of nitrogens with zero attached hydrogens (tertiary/aromatic N) is 2. The lowest BCUT2D eigenvalue weighted by atomic mass is 10.1. The second-order valence-corrected chi connectivity index (χ2v) is 3.39. The van der Waals surface area contributed by atoms with Crippen LogP contribution in [-0.4, -0.2) is 23.3 Å². The van der Waals surface area contributed by atoms with Gasteiger partial charge in [-0.15, -0.1) is 0 Å². The monoisotopic (exact) mass is 188 g/mol. The Bertz CT molecular complexity index is 408. The number of hydrazone groups is 1. The lowest BCUT2D eigenvalue weighted by Gasteiger charge is -1.95. The number of hydrogen-bond donors (Lipinski definition) is 0. The molecule has 1 aromatic rings. The van der Waals surface area contributed by atoms with Crippen LogP contribution in [-0.2, 0) is 0 Å². The molecule has 72 valence electrons. The van der Waals surface area contributed by atoms with Gasteiger partial charge in [0, 0.05) is 17.9 Å². The van der Waals surface area contributed by atoms with Crippen molar-refractivity contribution in [2.45, 2.75) is 13.3 Å². The molecule has 1 heterocycles. The molecule has 0 saturated heterocycles. The van der Waals surface area contributed by atoms with Gasteiger partial charge in [-0.1, -0.05) is 22.9 Å². The first-order chi connectivity index (χ1) is 6.75. The van der Waals surface area contributed by atoms with Gasteiger partial charge in [-0.2, -0.15) is 0 Å². The van der Waals surface area contributed by atoms with Crippen LogP contribution in [0.1, 0.15) is 17.5 Å². The summed E-state index contributed by atoms with van der Waals surface area (Å²) in [6, 6.07) is 8.05. The maximum absolute atomic E-state index is 10.9. The highest BCUT2D eigenvalue weighted by atomic mass is 16.3. The van der Waals surface area contributed by atoms with E-state index in [0.29, 0.717) is 13.0 Å². The maximum atomic E-state index is 10.9. The van der Waals surface area contributed by atoms with Crippen molar-refractivity contribution in [1.82, 2.24) is 0 Å². The van der Waals surface area contributed by atoms with E-state index < -0.39 is 0 Å². The molecular formula is C11H12N2O. The molecule has 0 radical (unpaired) electrons. The molecule has 1 aliphatic heterocycles. The summed E-state index contributed by atoms with van der Waals surface area (Å²) in [5.41, 5.74) is 2.31. The summed E-state index contributed by atoms with van der Waals surface area (Å²) in [5, 5.41) is 14.8. The topological polar surface area (TPSA) is 38.4 Å². The first-order valence-corrected chi connectivity index (χ1v) is 4.67. The van der Waals surface area contributed by atoms with Crippen LogP contribution in [0.2, 0.25) is 0 Å². The number of hydrogen-bond acceptors (Lipinski definition) is 2. The first-order valence-electron chi connectivity index (χ1n) is 4.67. The van der Waals surface area contributed by atoms with Crippen LogP contribution in [0.15, 0.2) is 29.4 Å². The molecule has 0 aromatic heterocycles. The Morgan fingerprint density at radius 2 is 2.21 bits per heavy atom. The van der Waals surface area contributed by atoms with Gasteiger partial charge in [-0.05, 0) is 23.7 Å². The average molecular weight is 188 g/mol. The minimum absolute atomic E-state index is 0.0326. The molecular weight excluding hydrogens is 176 g/mol. The van der Waals surface area contributed by atoms with E-state index in [4.69, 9.17) is 0 Å². The van der Waals surface area contributed by atoms with Gasteiger partial charge < -0.3 is 5.11 Å². The van der Waals surface area contributed by atoms with Crippen molar-refractivity contribution in [3.05, 3.63) is 35.4 Å². The molecule has 0 aliphatic carbocycles. The Hall–Kier alpha value is -1.64.